The standard InChI is InChI=1S/C16H19NO3/c1-11(2)12-5-4-6-13(7-12)17(3)9-14-8-15(18)16(19)10-20-14/h4-8,10-11,19H,9H2,1-3H3. The van der Waals surface area contributed by atoms with E-state index in [1.807, 2.05) is 24.1 Å². The van der Waals surface area contributed by atoms with Crippen molar-refractivity contribution in [2.75, 3.05) is 11.9 Å². The van der Waals surface area contributed by atoms with Crippen molar-refractivity contribution in [3.8, 4) is 5.75 Å². The molecular formula is C16H19NO3. The Hall–Kier alpha value is -2.23. The molecule has 2 rings (SSSR count). The number of hydrogen-bond acceptors (Lipinski definition) is 4. The minimum absolute atomic E-state index is 0.363. The Balaban J connectivity index is 2.19. The van der Waals surface area contributed by atoms with Gasteiger partial charge in [0.25, 0.3) is 0 Å². The van der Waals surface area contributed by atoms with Crippen LogP contribution in [0.5, 0.6) is 5.75 Å². The van der Waals surface area contributed by atoms with Crippen LogP contribution < -0.4 is 10.3 Å². The number of anilines is 1. The van der Waals surface area contributed by atoms with Crippen LogP contribution in [0.1, 0.15) is 31.1 Å². The van der Waals surface area contributed by atoms with Gasteiger partial charge in [-0.25, -0.2) is 0 Å². The Bertz CT molecular complexity index is 646. The van der Waals surface area contributed by atoms with Crippen LogP contribution in [0.4, 0.5) is 5.69 Å². The van der Waals surface area contributed by atoms with Gasteiger partial charge in [-0.2, -0.15) is 0 Å². The van der Waals surface area contributed by atoms with Gasteiger partial charge in [0.15, 0.2) is 5.75 Å². The average molecular weight is 273 g/mol. The molecule has 0 aliphatic heterocycles. The van der Waals surface area contributed by atoms with Gasteiger partial charge >= 0.3 is 0 Å². The summed E-state index contributed by atoms with van der Waals surface area (Å²) in [6, 6.07) is 9.59. The number of nitrogens with zero attached hydrogens (tertiary/aromatic N) is 1. The van der Waals surface area contributed by atoms with Crippen molar-refractivity contribution in [2.45, 2.75) is 26.3 Å². The number of hydrogen-bond donors (Lipinski definition) is 1. The monoisotopic (exact) mass is 273 g/mol. The maximum atomic E-state index is 11.4. The maximum absolute atomic E-state index is 11.4. The Kier molecular flexibility index (Phi) is 4.13. The molecule has 1 heterocycles. The highest BCUT2D eigenvalue weighted by Gasteiger charge is 2.08. The van der Waals surface area contributed by atoms with Crippen LogP contribution in [0.2, 0.25) is 0 Å². The summed E-state index contributed by atoms with van der Waals surface area (Å²) in [5.41, 5.74) is 1.91. The van der Waals surface area contributed by atoms with E-state index in [9.17, 15) is 9.90 Å². The highest BCUT2D eigenvalue weighted by Crippen LogP contribution is 2.22. The molecule has 0 amide bonds. The molecule has 0 bridgehead atoms. The molecule has 1 aromatic carbocycles. The highest BCUT2D eigenvalue weighted by molar-refractivity contribution is 5.48. The lowest BCUT2D eigenvalue weighted by molar-refractivity contribution is 0.412. The van der Waals surface area contributed by atoms with Crippen molar-refractivity contribution in [2.24, 2.45) is 0 Å². The largest absolute Gasteiger partial charge is 0.502 e. The van der Waals surface area contributed by atoms with Crippen LogP contribution in [-0.4, -0.2) is 12.2 Å². The topological polar surface area (TPSA) is 53.7 Å². The fourth-order valence-corrected chi connectivity index (χ4v) is 1.97. The van der Waals surface area contributed by atoms with Crippen molar-refractivity contribution in [3.05, 3.63) is 58.1 Å². The van der Waals surface area contributed by atoms with E-state index < -0.39 is 5.43 Å². The third kappa shape index (κ3) is 3.20. The molecule has 0 fully saturated rings. The van der Waals surface area contributed by atoms with E-state index in [2.05, 4.69) is 26.0 Å². The summed E-state index contributed by atoms with van der Waals surface area (Å²) in [7, 11) is 1.94. The van der Waals surface area contributed by atoms with Gasteiger partial charge in [0, 0.05) is 18.8 Å². The van der Waals surface area contributed by atoms with Crippen LogP contribution >= 0.6 is 0 Å². The van der Waals surface area contributed by atoms with Crippen molar-refractivity contribution >= 4 is 5.69 Å². The van der Waals surface area contributed by atoms with Crippen molar-refractivity contribution in [3.63, 3.8) is 0 Å². The first-order valence-corrected chi connectivity index (χ1v) is 6.59. The minimum Gasteiger partial charge on any atom is -0.502 e. The molecule has 0 unspecified atom stereocenters. The Labute approximate surface area is 118 Å². The normalized spacial score (nSPS) is 10.8. The Morgan fingerprint density at radius 2 is 2.05 bits per heavy atom. The zero-order chi connectivity index (χ0) is 14.7. The van der Waals surface area contributed by atoms with Crippen molar-refractivity contribution < 1.29 is 9.52 Å². The zero-order valence-electron chi connectivity index (χ0n) is 12.0. The molecule has 0 radical (unpaired) electrons. The van der Waals surface area contributed by atoms with Crippen LogP contribution in [-0.2, 0) is 6.54 Å². The van der Waals surface area contributed by atoms with Crippen LogP contribution in [0.3, 0.4) is 0 Å². The molecule has 0 saturated heterocycles. The second kappa shape index (κ2) is 5.82. The molecule has 106 valence electrons. The van der Waals surface area contributed by atoms with Crippen molar-refractivity contribution in [1.29, 1.82) is 0 Å². The van der Waals surface area contributed by atoms with Gasteiger partial charge in [-0.3, -0.25) is 4.79 Å². The number of aromatic hydroxyl groups is 1. The predicted molar refractivity (Wildman–Crippen MR) is 79.3 cm³/mol. The quantitative estimate of drug-likeness (QED) is 0.930. The van der Waals surface area contributed by atoms with E-state index in [-0.39, 0.29) is 5.75 Å². The van der Waals surface area contributed by atoms with E-state index in [1.54, 1.807) is 0 Å². The molecule has 0 saturated carbocycles. The first-order chi connectivity index (χ1) is 9.47. The first-order valence-electron chi connectivity index (χ1n) is 6.59. The van der Waals surface area contributed by atoms with Crippen LogP contribution in [0, 0.1) is 0 Å². The number of benzene rings is 1. The van der Waals surface area contributed by atoms with Gasteiger partial charge in [-0.15, -0.1) is 0 Å². The first kappa shape index (κ1) is 14.2. The lowest BCUT2D eigenvalue weighted by atomic mass is 10.0. The van der Waals surface area contributed by atoms with Crippen LogP contribution in [0.15, 0.2) is 45.8 Å². The maximum Gasteiger partial charge on any atom is 0.226 e. The lowest BCUT2D eigenvalue weighted by Gasteiger charge is -2.20. The summed E-state index contributed by atoms with van der Waals surface area (Å²) >= 11 is 0. The van der Waals surface area contributed by atoms with Gasteiger partial charge in [0.05, 0.1) is 6.54 Å². The Morgan fingerprint density at radius 1 is 1.30 bits per heavy atom. The molecule has 0 aliphatic rings. The second-order valence-corrected chi connectivity index (χ2v) is 5.20. The molecule has 4 nitrogen and oxygen atoms in total. The molecule has 0 aliphatic carbocycles. The van der Waals surface area contributed by atoms with Gasteiger partial charge in [0.2, 0.25) is 5.43 Å². The average Bonchev–Trinajstić information content (AvgIpc) is 2.43. The summed E-state index contributed by atoms with van der Waals surface area (Å²) in [5, 5.41) is 9.17. The van der Waals surface area contributed by atoms with Crippen molar-refractivity contribution in [1.82, 2.24) is 0 Å². The van der Waals surface area contributed by atoms with Gasteiger partial charge in [-0.1, -0.05) is 26.0 Å². The number of rotatable bonds is 4. The fourth-order valence-electron chi connectivity index (χ4n) is 1.97. The zero-order valence-corrected chi connectivity index (χ0v) is 12.0. The molecule has 0 atom stereocenters. The van der Waals surface area contributed by atoms with Crippen LogP contribution in [0.25, 0.3) is 0 Å². The Morgan fingerprint density at radius 3 is 2.70 bits per heavy atom. The summed E-state index contributed by atoms with van der Waals surface area (Å²) in [6.45, 7) is 4.77. The van der Waals surface area contributed by atoms with Gasteiger partial charge < -0.3 is 14.4 Å². The lowest BCUT2D eigenvalue weighted by Crippen LogP contribution is -2.17. The molecule has 2 aromatic rings. The third-order valence-corrected chi connectivity index (χ3v) is 3.24. The molecule has 0 spiro atoms. The van der Waals surface area contributed by atoms with E-state index >= 15 is 0 Å². The second-order valence-electron chi connectivity index (χ2n) is 5.20. The summed E-state index contributed by atoms with van der Waals surface area (Å²) in [5.74, 6) is 0.624. The molecule has 1 aromatic heterocycles. The highest BCUT2D eigenvalue weighted by atomic mass is 16.4. The smallest absolute Gasteiger partial charge is 0.226 e. The summed E-state index contributed by atoms with van der Waals surface area (Å²) < 4.78 is 5.22. The molecule has 4 heteroatoms. The third-order valence-electron chi connectivity index (χ3n) is 3.24. The minimum atomic E-state index is -0.421. The molecule has 20 heavy (non-hydrogen) atoms. The van der Waals surface area contributed by atoms with E-state index in [0.717, 1.165) is 12.0 Å². The summed E-state index contributed by atoms with van der Waals surface area (Å²) in [4.78, 5) is 13.4. The predicted octanol–water partition coefficient (Wildman–Crippen LogP) is 3.11. The van der Waals surface area contributed by atoms with E-state index in [4.69, 9.17) is 4.42 Å². The summed E-state index contributed by atoms with van der Waals surface area (Å²) in [6.07, 6.45) is 1.08. The molecular weight excluding hydrogens is 254 g/mol. The van der Waals surface area contributed by atoms with Gasteiger partial charge in [0.1, 0.15) is 12.0 Å². The fraction of sp³-hybridized carbons (Fsp3) is 0.312. The van der Waals surface area contributed by atoms with E-state index in [0.29, 0.717) is 18.2 Å². The SMILES string of the molecule is CC(C)c1cccc(N(C)Cc2cc(=O)c(O)co2)c1. The van der Waals surface area contributed by atoms with Gasteiger partial charge in [-0.05, 0) is 23.6 Å². The molecule has 1 N–H and O–H groups in total. The van der Waals surface area contributed by atoms with E-state index in [1.165, 1.54) is 11.6 Å².